The summed E-state index contributed by atoms with van der Waals surface area (Å²) < 4.78 is 28.8. The van der Waals surface area contributed by atoms with Gasteiger partial charge in [0.15, 0.2) is 0 Å². The minimum absolute atomic E-state index is 0.0652. The first-order valence-electron chi connectivity index (χ1n) is 10.3. The van der Waals surface area contributed by atoms with Gasteiger partial charge in [0, 0.05) is 36.0 Å². The van der Waals surface area contributed by atoms with Crippen LogP contribution in [0.3, 0.4) is 0 Å². The van der Waals surface area contributed by atoms with Crippen molar-refractivity contribution in [2.75, 3.05) is 18.4 Å². The van der Waals surface area contributed by atoms with Crippen molar-refractivity contribution < 1.29 is 13.6 Å². The average Bonchev–Trinajstić information content (AvgIpc) is 3.34. The lowest BCUT2D eigenvalue weighted by atomic mass is 9.85. The number of alkyl halides is 2. The zero-order valence-corrected chi connectivity index (χ0v) is 17.7. The molecule has 1 saturated heterocycles. The molecule has 0 radical (unpaired) electrons. The lowest BCUT2D eigenvalue weighted by Crippen LogP contribution is -2.49. The van der Waals surface area contributed by atoms with Crippen LogP contribution in [0.25, 0.3) is 0 Å². The van der Waals surface area contributed by atoms with Crippen LogP contribution < -0.4 is 5.32 Å². The van der Waals surface area contributed by atoms with E-state index in [1.165, 1.54) is 9.56 Å². The lowest BCUT2D eigenvalue weighted by molar-refractivity contribution is -0.137. The van der Waals surface area contributed by atoms with Gasteiger partial charge >= 0.3 is 0 Å². The van der Waals surface area contributed by atoms with Crippen LogP contribution in [0.15, 0.2) is 23.6 Å². The smallest absolute Gasteiger partial charge is 0.260 e. The Kier molecular flexibility index (Phi) is 5.90. The normalized spacial score (nSPS) is 25.6. The van der Waals surface area contributed by atoms with Gasteiger partial charge in [0.2, 0.25) is 5.91 Å². The molecule has 1 fully saturated rings. The van der Waals surface area contributed by atoms with Gasteiger partial charge in [0.1, 0.15) is 11.9 Å². The van der Waals surface area contributed by atoms with Gasteiger partial charge < -0.3 is 10.2 Å². The van der Waals surface area contributed by atoms with E-state index in [-0.39, 0.29) is 23.8 Å². The lowest BCUT2D eigenvalue weighted by Gasteiger charge is -2.41. The second-order valence-corrected chi connectivity index (χ2v) is 9.41. The van der Waals surface area contributed by atoms with Gasteiger partial charge in [-0.25, -0.2) is 13.5 Å². The number of carbonyl (C=O) groups is 1. The number of halogens is 2. The zero-order valence-electron chi connectivity index (χ0n) is 16.9. The van der Waals surface area contributed by atoms with Crippen molar-refractivity contribution in [2.45, 2.75) is 58.0 Å². The summed E-state index contributed by atoms with van der Waals surface area (Å²) >= 11 is 1.68. The third kappa shape index (κ3) is 4.32. The van der Waals surface area contributed by atoms with E-state index in [0.29, 0.717) is 18.8 Å². The molecule has 0 aliphatic carbocycles. The number of anilines is 1. The highest BCUT2D eigenvalue weighted by atomic mass is 32.1. The molecule has 4 atom stereocenters. The number of likely N-dealkylation sites (tertiary alicyclic amines) is 1. The van der Waals surface area contributed by atoms with Gasteiger partial charge in [-0.05, 0) is 50.0 Å². The van der Waals surface area contributed by atoms with Gasteiger partial charge in [-0.2, -0.15) is 5.10 Å². The highest BCUT2D eigenvalue weighted by Gasteiger charge is 2.39. The number of rotatable bonds is 5. The molecule has 8 heteroatoms. The Balaban J connectivity index is 1.43. The van der Waals surface area contributed by atoms with Crippen LogP contribution in [0, 0.1) is 18.8 Å². The van der Waals surface area contributed by atoms with E-state index < -0.39 is 12.5 Å². The van der Waals surface area contributed by atoms with Crippen LogP contribution in [-0.2, 0) is 11.2 Å². The van der Waals surface area contributed by atoms with Crippen LogP contribution in [0.5, 0.6) is 0 Å². The summed E-state index contributed by atoms with van der Waals surface area (Å²) in [5, 5.41) is 9.71. The number of carbonyl (C=O) groups excluding carboxylic acids is 1. The topological polar surface area (TPSA) is 50.2 Å². The molecule has 0 saturated carbocycles. The Morgan fingerprint density at radius 2 is 2.28 bits per heavy atom. The molecular weight excluding hydrogens is 394 g/mol. The van der Waals surface area contributed by atoms with Crippen LogP contribution >= 0.6 is 11.3 Å². The third-order valence-corrected chi connectivity index (χ3v) is 7.04. The van der Waals surface area contributed by atoms with Crippen molar-refractivity contribution in [3.05, 3.63) is 34.2 Å². The Bertz CT molecular complexity index is 838. The van der Waals surface area contributed by atoms with Crippen molar-refractivity contribution in [3.8, 4) is 0 Å². The van der Waals surface area contributed by atoms with E-state index in [2.05, 4.69) is 16.5 Å². The Hall–Kier alpha value is -1.96. The molecule has 5 nitrogen and oxygen atoms in total. The van der Waals surface area contributed by atoms with E-state index in [1.807, 2.05) is 36.3 Å². The number of amides is 1. The van der Waals surface area contributed by atoms with Crippen LogP contribution in [0.4, 0.5) is 14.6 Å². The van der Waals surface area contributed by atoms with E-state index in [9.17, 15) is 13.6 Å². The molecule has 0 aromatic carbocycles. The predicted octanol–water partition coefficient (Wildman–Crippen LogP) is 4.36. The Labute approximate surface area is 174 Å². The first-order chi connectivity index (χ1) is 13.9. The number of fused-ring (bicyclic) bond motifs is 1. The molecule has 29 heavy (non-hydrogen) atoms. The fourth-order valence-electron chi connectivity index (χ4n) is 4.67. The van der Waals surface area contributed by atoms with Crippen LogP contribution in [-0.4, -0.2) is 46.1 Å². The largest absolute Gasteiger partial charge is 0.367 e. The Morgan fingerprint density at radius 1 is 1.45 bits per heavy atom. The SMILES string of the molecule is Cc1cc2n(n1)[C@@H](C(F)F)C[C@@H]([C@H]1CCCN(C(=O)[C@H](C)Cc3cccs3)C1)N2. The second-order valence-electron chi connectivity index (χ2n) is 8.37. The molecule has 158 valence electrons. The molecule has 4 heterocycles. The fraction of sp³-hybridized carbons (Fsp3) is 0.619. The van der Waals surface area contributed by atoms with Gasteiger partial charge in [-0.1, -0.05) is 13.0 Å². The van der Waals surface area contributed by atoms with Crippen LogP contribution in [0.1, 0.15) is 42.8 Å². The number of hydrogen-bond donors (Lipinski definition) is 1. The molecule has 0 spiro atoms. The van der Waals surface area contributed by atoms with Crippen molar-refractivity contribution in [2.24, 2.45) is 11.8 Å². The molecule has 0 unspecified atom stereocenters. The number of aryl methyl sites for hydroxylation is 1. The molecule has 2 aliphatic rings. The first kappa shape index (κ1) is 20.3. The van der Waals surface area contributed by atoms with E-state index in [4.69, 9.17) is 0 Å². The van der Waals surface area contributed by atoms with E-state index in [1.54, 1.807) is 11.3 Å². The number of thiophene rings is 1. The summed E-state index contributed by atoms with van der Waals surface area (Å²) in [7, 11) is 0. The molecule has 1 amide bonds. The van der Waals surface area contributed by atoms with Gasteiger partial charge in [-0.15, -0.1) is 11.3 Å². The number of nitrogens with zero attached hydrogens (tertiary/aromatic N) is 3. The third-order valence-electron chi connectivity index (χ3n) is 6.14. The number of aromatic nitrogens is 2. The Morgan fingerprint density at radius 3 is 3.00 bits per heavy atom. The first-order valence-corrected chi connectivity index (χ1v) is 11.2. The summed E-state index contributed by atoms with van der Waals surface area (Å²) in [5.41, 5.74) is 0.738. The van der Waals surface area contributed by atoms with Gasteiger partial charge in [0.25, 0.3) is 6.43 Å². The maximum atomic E-state index is 13.7. The van der Waals surface area contributed by atoms with Crippen LogP contribution in [0.2, 0.25) is 0 Å². The zero-order chi connectivity index (χ0) is 20.5. The highest BCUT2D eigenvalue weighted by Crippen LogP contribution is 2.36. The summed E-state index contributed by atoms with van der Waals surface area (Å²) in [6.07, 6.45) is 0.501. The predicted molar refractivity (Wildman–Crippen MR) is 111 cm³/mol. The standard InChI is InChI=1S/C21H28F2N4OS/c1-13(9-16-6-4-8-29-16)21(28)26-7-3-5-15(12-26)17-11-18(20(22)23)27-19(24-17)10-14(2)25-27/h4,6,8,10,13,15,17-18,20,24H,3,5,7,9,11-12H2,1-2H3/t13-,15+,17+,18-/m1/s1. The number of hydrogen-bond acceptors (Lipinski definition) is 4. The summed E-state index contributed by atoms with van der Waals surface area (Å²) in [6.45, 7) is 5.19. The minimum atomic E-state index is -2.45. The number of piperidine rings is 1. The summed E-state index contributed by atoms with van der Waals surface area (Å²) in [4.78, 5) is 16.2. The number of nitrogens with one attached hydrogen (secondary N) is 1. The fourth-order valence-corrected chi connectivity index (χ4v) is 5.51. The highest BCUT2D eigenvalue weighted by molar-refractivity contribution is 7.09. The van der Waals surface area contributed by atoms with E-state index in [0.717, 1.165) is 31.5 Å². The molecule has 0 bridgehead atoms. The van der Waals surface area contributed by atoms with Gasteiger partial charge in [0.05, 0.1) is 5.69 Å². The quantitative estimate of drug-likeness (QED) is 0.779. The minimum Gasteiger partial charge on any atom is -0.367 e. The van der Waals surface area contributed by atoms with Crippen molar-refractivity contribution in [3.63, 3.8) is 0 Å². The molecule has 1 N–H and O–H groups in total. The molecule has 4 rings (SSSR count). The average molecular weight is 423 g/mol. The van der Waals surface area contributed by atoms with E-state index >= 15 is 0 Å². The van der Waals surface area contributed by atoms with Crippen molar-refractivity contribution in [1.29, 1.82) is 0 Å². The molecule has 2 aromatic rings. The summed E-state index contributed by atoms with van der Waals surface area (Å²) in [6, 6.07) is 4.93. The maximum Gasteiger partial charge on any atom is 0.260 e. The molecule has 2 aliphatic heterocycles. The van der Waals surface area contributed by atoms with Crippen molar-refractivity contribution in [1.82, 2.24) is 14.7 Å². The summed E-state index contributed by atoms with van der Waals surface area (Å²) in [5.74, 6) is 0.945. The molecular formula is C21H28F2N4OS. The van der Waals surface area contributed by atoms with Crippen molar-refractivity contribution >= 4 is 23.1 Å². The maximum absolute atomic E-state index is 13.7. The van der Waals surface area contributed by atoms with Gasteiger partial charge in [-0.3, -0.25) is 4.79 Å². The molecule has 2 aromatic heterocycles. The monoisotopic (exact) mass is 422 g/mol. The second kappa shape index (κ2) is 8.42.